The summed E-state index contributed by atoms with van der Waals surface area (Å²) >= 11 is 1.33. The molecule has 5 nitrogen and oxygen atoms in total. The second-order valence-corrected chi connectivity index (χ2v) is 6.38. The summed E-state index contributed by atoms with van der Waals surface area (Å²) in [6.45, 7) is 5.91. The van der Waals surface area contributed by atoms with Crippen molar-refractivity contribution < 1.29 is 9.59 Å². The van der Waals surface area contributed by atoms with Crippen LogP contribution in [0.3, 0.4) is 0 Å². The zero-order valence-corrected chi connectivity index (χ0v) is 13.7. The lowest BCUT2D eigenvalue weighted by Crippen LogP contribution is -2.21. The van der Waals surface area contributed by atoms with Gasteiger partial charge >= 0.3 is 6.03 Å². The summed E-state index contributed by atoms with van der Waals surface area (Å²) in [5.74, 6) is 0.297. The fraction of sp³-hybridized carbons (Fsp3) is 0.312. The fourth-order valence-corrected chi connectivity index (χ4v) is 2.55. The number of amides is 2. The summed E-state index contributed by atoms with van der Waals surface area (Å²) in [5.41, 5.74) is 2.04. The van der Waals surface area contributed by atoms with Crippen LogP contribution in [0.4, 0.5) is 15.6 Å². The quantitative estimate of drug-likeness (QED) is 0.807. The average Bonchev–Trinajstić information content (AvgIpc) is 2.90. The minimum atomic E-state index is -0.404. The van der Waals surface area contributed by atoms with Crippen molar-refractivity contribution in [2.75, 3.05) is 10.6 Å². The highest BCUT2D eigenvalue weighted by atomic mass is 32.1. The van der Waals surface area contributed by atoms with Crippen molar-refractivity contribution in [2.24, 2.45) is 5.92 Å². The maximum atomic E-state index is 12.3. The van der Waals surface area contributed by atoms with Crippen molar-refractivity contribution in [3.63, 3.8) is 0 Å². The molecule has 0 saturated heterocycles. The van der Waals surface area contributed by atoms with Crippen LogP contribution in [0.15, 0.2) is 29.8 Å². The molecule has 2 amide bonds. The van der Waals surface area contributed by atoms with Gasteiger partial charge in [0.05, 0.1) is 5.69 Å². The molecule has 2 aromatic rings. The monoisotopic (exact) mass is 317 g/mol. The number of nitrogens with zero attached hydrogens (tertiary/aromatic N) is 1. The van der Waals surface area contributed by atoms with E-state index in [0.29, 0.717) is 22.8 Å². The third-order valence-corrected chi connectivity index (χ3v) is 3.66. The molecular weight excluding hydrogens is 298 g/mol. The molecular formula is C16H19N3O2S. The summed E-state index contributed by atoms with van der Waals surface area (Å²) in [5, 5.41) is 7.67. The first-order valence-electron chi connectivity index (χ1n) is 7.07. The van der Waals surface area contributed by atoms with Crippen LogP contribution in [0.25, 0.3) is 0 Å². The summed E-state index contributed by atoms with van der Waals surface area (Å²) in [6.07, 6.45) is 2.07. The first-order valence-corrected chi connectivity index (χ1v) is 7.95. The predicted octanol–water partition coefficient (Wildman–Crippen LogP) is 4.32. The maximum Gasteiger partial charge on any atom is 0.325 e. The first-order chi connectivity index (χ1) is 10.5. The SMILES string of the molecule is Cc1ccc(C(=O)CC(C)C)c(NC(=O)Nc2nccs2)c1. The van der Waals surface area contributed by atoms with Gasteiger partial charge in [0.15, 0.2) is 10.9 Å². The van der Waals surface area contributed by atoms with E-state index in [1.54, 1.807) is 23.7 Å². The number of urea groups is 1. The minimum absolute atomic E-state index is 0.0274. The predicted molar refractivity (Wildman–Crippen MR) is 89.7 cm³/mol. The Labute approximate surface area is 133 Å². The lowest BCUT2D eigenvalue weighted by atomic mass is 9.99. The van der Waals surface area contributed by atoms with E-state index in [9.17, 15) is 9.59 Å². The van der Waals surface area contributed by atoms with E-state index in [4.69, 9.17) is 0 Å². The van der Waals surface area contributed by atoms with Crippen LogP contribution in [0, 0.1) is 12.8 Å². The third kappa shape index (κ3) is 4.39. The highest BCUT2D eigenvalue weighted by Gasteiger charge is 2.15. The first kappa shape index (κ1) is 16.2. The molecule has 116 valence electrons. The van der Waals surface area contributed by atoms with Crippen LogP contribution in [-0.4, -0.2) is 16.8 Å². The Kier molecular flexibility index (Phi) is 5.27. The van der Waals surface area contributed by atoms with Crippen LogP contribution in [0.2, 0.25) is 0 Å². The highest BCUT2D eigenvalue weighted by molar-refractivity contribution is 7.13. The number of carbonyl (C=O) groups is 2. The molecule has 0 aliphatic heterocycles. The number of hydrogen-bond acceptors (Lipinski definition) is 4. The largest absolute Gasteiger partial charge is 0.325 e. The van der Waals surface area contributed by atoms with Gasteiger partial charge in [-0.1, -0.05) is 19.9 Å². The van der Waals surface area contributed by atoms with Gasteiger partial charge in [-0.15, -0.1) is 11.3 Å². The Morgan fingerprint density at radius 2 is 2.05 bits per heavy atom. The number of nitrogens with one attached hydrogen (secondary N) is 2. The van der Waals surface area contributed by atoms with Gasteiger partial charge < -0.3 is 5.32 Å². The van der Waals surface area contributed by atoms with Crippen LogP contribution in [-0.2, 0) is 0 Å². The number of aryl methyl sites for hydroxylation is 1. The molecule has 0 bridgehead atoms. The topological polar surface area (TPSA) is 71.1 Å². The highest BCUT2D eigenvalue weighted by Crippen LogP contribution is 2.21. The molecule has 0 spiro atoms. The molecule has 0 aliphatic rings. The second kappa shape index (κ2) is 7.17. The number of benzene rings is 1. The van der Waals surface area contributed by atoms with Gasteiger partial charge in [0.2, 0.25) is 0 Å². The molecule has 0 saturated carbocycles. The van der Waals surface area contributed by atoms with Gasteiger partial charge in [0, 0.05) is 23.6 Å². The number of Topliss-reactive ketones (excluding diaryl/α,β-unsaturated/α-hetero) is 1. The number of hydrogen-bond donors (Lipinski definition) is 2. The molecule has 2 rings (SSSR count). The Morgan fingerprint density at radius 1 is 1.27 bits per heavy atom. The molecule has 6 heteroatoms. The van der Waals surface area contributed by atoms with E-state index in [-0.39, 0.29) is 11.7 Å². The summed E-state index contributed by atoms with van der Waals surface area (Å²) < 4.78 is 0. The number of aromatic nitrogens is 1. The zero-order chi connectivity index (χ0) is 16.1. The van der Waals surface area contributed by atoms with E-state index in [1.807, 2.05) is 26.8 Å². The normalized spacial score (nSPS) is 10.5. The molecule has 2 N–H and O–H groups in total. The zero-order valence-electron chi connectivity index (χ0n) is 12.8. The van der Waals surface area contributed by atoms with Gasteiger partial charge in [0.25, 0.3) is 0 Å². The lowest BCUT2D eigenvalue weighted by molar-refractivity contribution is 0.0968. The van der Waals surface area contributed by atoms with Crippen LogP contribution >= 0.6 is 11.3 Å². The maximum absolute atomic E-state index is 12.3. The van der Waals surface area contributed by atoms with Crippen molar-refractivity contribution >= 4 is 34.0 Å². The Bertz CT molecular complexity index is 666. The Balaban J connectivity index is 2.16. The lowest BCUT2D eigenvalue weighted by Gasteiger charge is -2.12. The standard InChI is InChI=1S/C16H19N3O2S/c1-10(2)8-14(20)12-5-4-11(3)9-13(12)18-15(21)19-16-17-6-7-22-16/h4-7,9-10H,8H2,1-3H3,(H2,17,18,19,21). The molecule has 0 fully saturated rings. The molecule has 1 heterocycles. The van der Waals surface area contributed by atoms with Gasteiger partial charge in [-0.25, -0.2) is 9.78 Å². The summed E-state index contributed by atoms with van der Waals surface area (Å²) in [4.78, 5) is 28.3. The smallest absolute Gasteiger partial charge is 0.307 e. The van der Waals surface area contributed by atoms with Gasteiger partial charge in [0.1, 0.15) is 0 Å². The van der Waals surface area contributed by atoms with E-state index in [0.717, 1.165) is 5.56 Å². The van der Waals surface area contributed by atoms with Gasteiger partial charge in [-0.3, -0.25) is 10.1 Å². The molecule has 1 aromatic carbocycles. The third-order valence-electron chi connectivity index (χ3n) is 2.97. The van der Waals surface area contributed by atoms with Crippen LogP contribution in [0.1, 0.15) is 36.2 Å². The number of rotatable bonds is 5. The molecule has 0 radical (unpaired) electrons. The minimum Gasteiger partial charge on any atom is -0.307 e. The molecule has 22 heavy (non-hydrogen) atoms. The van der Waals surface area contributed by atoms with E-state index >= 15 is 0 Å². The van der Waals surface area contributed by atoms with Crippen molar-refractivity contribution in [1.82, 2.24) is 4.98 Å². The number of thiazole rings is 1. The van der Waals surface area contributed by atoms with Crippen LogP contribution < -0.4 is 10.6 Å². The molecule has 0 unspecified atom stereocenters. The number of carbonyl (C=O) groups excluding carboxylic acids is 2. The van der Waals surface area contributed by atoms with E-state index in [1.165, 1.54) is 11.3 Å². The van der Waals surface area contributed by atoms with Crippen molar-refractivity contribution in [3.05, 3.63) is 40.9 Å². The fourth-order valence-electron chi connectivity index (χ4n) is 2.02. The number of ketones is 1. The summed E-state index contributed by atoms with van der Waals surface area (Å²) in [7, 11) is 0. The molecule has 0 atom stereocenters. The van der Waals surface area contributed by atoms with E-state index < -0.39 is 6.03 Å². The van der Waals surface area contributed by atoms with Crippen LogP contribution in [0.5, 0.6) is 0 Å². The second-order valence-electron chi connectivity index (χ2n) is 5.49. The van der Waals surface area contributed by atoms with Gasteiger partial charge in [-0.2, -0.15) is 0 Å². The van der Waals surface area contributed by atoms with Crippen molar-refractivity contribution in [2.45, 2.75) is 27.2 Å². The average molecular weight is 317 g/mol. The van der Waals surface area contributed by atoms with E-state index in [2.05, 4.69) is 15.6 Å². The number of anilines is 2. The Morgan fingerprint density at radius 3 is 2.68 bits per heavy atom. The molecule has 0 aliphatic carbocycles. The molecule has 1 aromatic heterocycles. The summed E-state index contributed by atoms with van der Waals surface area (Å²) in [6, 6.07) is 5.03. The van der Waals surface area contributed by atoms with Crippen molar-refractivity contribution in [1.29, 1.82) is 0 Å². The Hall–Kier alpha value is -2.21. The van der Waals surface area contributed by atoms with Gasteiger partial charge in [-0.05, 0) is 30.5 Å². The van der Waals surface area contributed by atoms with Crippen molar-refractivity contribution in [3.8, 4) is 0 Å².